The third-order valence-corrected chi connectivity index (χ3v) is 2.87. The van der Waals surface area contributed by atoms with E-state index in [4.69, 9.17) is 9.15 Å². The van der Waals surface area contributed by atoms with Gasteiger partial charge in [0.25, 0.3) is 0 Å². The number of benzene rings is 1. The van der Waals surface area contributed by atoms with Crippen LogP contribution in [-0.4, -0.2) is 12.1 Å². The zero-order valence-electron chi connectivity index (χ0n) is 11.2. The van der Waals surface area contributed by atoms with Crippen LogP contribution in [0.2, 0.25) is 0 Å². The molecule has 1 unspecified atom stereocenters. The fourth-order valence-corrected chi connectivity index (χ4v) is 1.77. The van der Waals surface area contributed by atoms with E-state index in [1.807, 2.05) is 13.8 Å². The van der Waals surface area contributed by atoms with E-state index >= 15 is 0 Å². The molecule has 0 bridgehead atoms. The Hall–Kier alpha value is -1.88. The number of nitrogens with zero attached hydrogens (tertiary/aromatic N) is 1. The van der Waals surface area contributed by atoms with Crippen molar-refractivity contribution in [1.82, 2.24) is 10.3 Å². The molecule has 1 heterocycles. The second-order valence-corrected chi connectivity index (χ2v) is 4.35. The molecule has 1 aromatic heterocycles. The normalized spacial score (nSPS) is 12.4. The highest BCUT2D eigenvalue weighted by molar-refractivity contribution is 5.31. The van der Waals surface area contributed by atoms with Gasteiger partial charge in [-0.1, -0.05) is 12.1 Å². The van der Waals surface area contributed by atoms with Crippen LogP contribution >= 0.6 is 0 Å². The first-order valence-electron chi connectivity index (χ1n) is 6.09. The van der Waals surface area contributed by atoms with Gasteiger partial charge in [0, 0.05) is 12.1 Å². The predicted molar refractivity (Wildman–Crippen MR) is 69.4 cm³/mol. The molecule has 0 saturated carbocycles. The molecule has 0 spiro atoms. The van der Waals surface area contributed by atoms with Crippen molar-refractivity contribution in [1.29, 1.82) is 0 Å². The Morgan fingerprint density at radius 2 is 2.26 bits per heavy atom. The van der Waals surface area contributed by atoms with Gasteiger partial charge in [-0.15, -0.1) is 0 Å². The number of ether oxygens (including phenoxy) is 1. The van der Waals surface area contributed by atoms with Crippen molar-refractivity contribution in [3.63, 3.8) is 0 Å². The smallest absolute Gasteiger partial charge is 0.211 e. The largest absolute Gasteiger partial charge is 0.494 e. The Labute approximate surface area is 111 Å². The van der Waals surface area contributed by atoms with Gasteiger partial charge in [-0.25, -0.2) is 9.37 Å². The number of halogens is 1. The molecule has 0 saturated heterocycles. The lowest BCUT2D eigenvalue weighted by Crippen LogP contribution is -2.19. The average Bonchev–Trinajstić information content (AvgIpc) is 2.84. The lowest BCUT2D eigenvalue weighted by Gasteiger charge is -2.12. The molecule has 2 rings (SSSR count). The molecule has 102 valence electrons. The van der Waals surface area contributed by atoms with Gasteiger partial charge in [0.2, 0.25) is 5.89 Å². The van der Waals surface area contributed by atoms with E-state index < -0.39 is 0 Å². The third kappa shape index (κ3) is 3.12. The molecule has 0 aliphatic heterocycles. The minimum Gasteiger partial charge on any atom is -0.494 e. The van der Waals surface area contributed by atoms with Gasteiger partial charge in [-0.05, 0) is 19.9 Å². The molecular weight excluding hydrogens is 247 g/mol. The number of hydrogen-bond donors (Lipinski definition) is 1. The van der Waals surface area contributed by atoms with Crippen LogP contribution in [0.3, 0.4) is 0 Å². The summed E-state index contributed by atoms with van der Waals surface area (Å²) in [6.07, 6.45) is 1.67. The number of nitrogens with one attached hydrogen (secondary N) is 1. The van der Waals surface area contributed by atoms with E-state index in [1.54, 1.807) is 24.4 Å². The highest BCUT2D eigenvalue weighted by Gasteiger charge is 2.13. The van der Waals surface area contributed by atoms with Crippen LogP contribution in [0.25, 0.3) is 0 Å². The number of oxazole rings is 1. The molecule has 0 radical (unpaired) electrons. The van der Waals surface area contributed by atoms with E-state index in [1.165, 1.54) is 7.11 Å². The SMILES string of the molecule is COc1cccc(CNC(C)c2ncc(C)o2)c1F. The summed E-state index contributed by atoms with van der Waals surface area (Å²) >= 11 is 0. The van der Waals surface area contributed by atoms with Crippen LogP contribution in [-0.2, 0) is 6.54 Å². The fourth-order valence-electron chi connectivity index (χ4n) is 1.77. The molecule has 1 atom stereocenters. The van der Waals surface area contributed by atoms with Crippen molar-refractivity contribution in [2.24, 2.45) is 0 Å². The lowest BCUT2D eigenvalue weighted by molar-refractivity contribution is 0.378. The Morgan fingerprint density at radius 3 is 2.89 bits per heavy atom. The second kappa shape index (κ2) is 5.84. The highest BCUT2D eigenvalue weighted by Crippen LogP contribution is 2.20. The van der Waals surface area contributed by atoms with Gasteiger partial charge in [0.05, 0.1) is 19.3 Å². The molecule has 2 aromatic rings. The van der Waals surface area contributed by atoms with Crippen molar-refractivity contribution in [3.05, 3.63) is 47.4 Å². The number of hydrogen-bond acceptors (Lipinski definition) is 4. The fraction of sp³-hybridized carbons (Fsp3) is 0.357. The van der Waals surface area contributed by atoms with Crippen molar-refractivity contribution in [3.8, 4) is 5.75 Å². The first-order chi connectivity index (χ1) is 9.11. The molecule has 0 fully saturated rings. The number of aryl methyl sites for hydroxylation is 1. The first kappa shape index (κ1) is 13.5. The monoisotopic (exact) mass is 264 g/mol. The Bertz CT molecular complexity index is 554. The summed E-state index contributed by atoms with van der Waals surface area (Å²) in [5.41, 5.74) is 0.550. The highest BCUT2D eigenvalue weighted by atomic mass is 19.1. The van der Waals surface area contributed by atoms with Gasteiger partial charge < -0.3 is 14.5 Å². The van der Waals surface area contributed by atoms with Crippen LogP contribution in [0.4, 0.5) is 4.39 Å². The van der Waals surface area contributed by atoms with Gasteiger partial charge in [-0.3, -0.25) is 0 Å². The van der Waals surface area contributed by atoms with Crippen LogP contribution < -0.4 is 10.1 Å². The van der Waals surface area contributed by atoms with Crippen molar-refractivity contribution < 1.29 is 13.5 Å². The van der Waals surface area contributed by atoms with Crippen LogP contribution in [0.1, 0.15) is 30.2 Å². The summed E-state index contributed by atoms with van der Waals surface area (Å²) in [5.74, 6) is 1.27. The predicted octanol–water partition coefficient (Wildman–Crippen LogP) is 2.98. The van der Waals surface area contributed by atoms with Gasteiger partial charge in [0.1, 0.15) is 5.76 Å². The molecule has 19 heavy (non-hydrogen) atoms. The Kier molecular flexibility index (Phi) is 4.16. The molecule has 1 N–H and O–H groups in total. The quantitative estimate of drug-likeness (QED) is 0.901. The summed E-state index contributed by atoms with van der Waals surface area (Å²) in [5, 5.41) is 3.17. The maximum Gasteiger partial charge on any atom is 0.211 e. The van der Waals surface area contributed by atoms with Crippen molar-refractivity contribution >= 4 is 0 Å². The summed E-state index contributed by atoms with van der Waals surface area (Å²) in [7, 11) is 1.45. The summed E-state index contributed by atoms with van der Waals surface area (Å²) in [6, 6.07) is 5.00. The molecule has 0 aliphatic carbocycles. The van der Waals surface area contributed by atoms with Crippen molar-refractivity contribution in [2.45, 2.75) is 26.4 Å². The van der Waals surface area contributed by atoms with Crippen LogP contribution in [0.15, 0.2) is 28.8 Å². The molecule has 5 heteroatoms. The topological polar surface area (TPSA) is 47.3 Å². The van der Waals surface area contributed by atoms with E-state index in [0.29, 0.717) is 18.0 Å². The van der Waals surface area contributed by atoms with E-state index in [2.05, 4.69) is 10.3 Å². The Morgan fingerprint density at radius 1 is 1.47 bits per heavy atom. The van der Waals surface area contributed by atoms with Gasteiger partial charge in [0.15, 0.2) is 11.6 Å². The minimum atomic E-state index is -0.340. The standard InChI is InChI=1S/C14H17FN2O2/c1-9-7-17-14(19-9)10(2)16-8-11-5-4-6-12(18-3)13(11)15/h4-7,10,16H,8H2,1-3H3. The maximum absolute atomic E-state index is 13.9. The maximum atomic E-state index is 13.9. The summed E-state index contributed by atoms with van der Waals surface area (Å²) in [6.45, 7) is 4.14. The molecule has 4 nitrogen and oxygen atoms in total. The van der Waals surface area contributed by atoms with Gasteiger partial charge in [-0.2, -0.15) is 0 Å². The summed E-state index contributed by atoms with van der Waals surface area (Å²) in [4.78, 5) is 4.14. The second-order valence-electron chi connectivity index (χ2n) is 4.35. The van der Waals surface area contributed by atoms with Crippen LogP contribution in [0, 0.1) is 12.7 Å². The van der Waals surface area contributed by atoms with E-state index in [0.717, 1.165) is 5.76 Å². The Balaban J connectivity index is 2.02. The molecule has 0 aliphatic rings. The lowest BCUT2D eigenvalue weighted by atomic mass is 10.2. The third-order valence-electron chi connectivity index (χ3n) is 2.87. The minimum absolute atomic E-state index is 0.0840. The summed E-state index contributed by atoms with van der Waals surface area (Å²) < 4.78 is 24.3. The first-order valence-corrected chi connectivity index (χ1v) is 6.09. The van der Waals surface area contributed by atoms with Gasteiger partial charge >= 0.3 is 0 Å². The molecule has 1 aromatic carbocycles. The number of methoxy groups -OCH3 is 1. The number of rotatable bonds is 5. The van der Waals surface area contributed by atoms with E-state index in [9.17, 15) is 4.39 Å². The number of aromatic nitrogens is 1. The van der Waals surface area contributed by atoms with E-state index in [-0.39, 0.29) is 17.6 Å². The molecule has 0 amide bonds. The zero-order chi connectivity index (χ0) is 13.8. The molecular formula is C14H17FN2O2. The van der Waals surface area contributed by atoms with Crippen molar-refractivity contribution in [2.75, 3.05) is 7.11 Å². The van der Waals surface area contributed by atoms with Crippen LogP contribution in [0.5, 0.6) is 5.75 Å². The average molecular weight is 264 g/mol. The zero-order valence-corrected chi connectivity index (χ0v) is 11.2.